The molecule has 0 aliphatic carbocycles. The molecule has 1 amide bonds. The summed E-state index contributed by atoms with van der Waals surface area (Å²) in [5.74, 6) is -0.595. The Kier molecular flexibility index (Phi) is 5.37. The van der Waals surface area contributed by atoms with Gasteiger partial charge in [-0.2, -0.15) is 4.98 Å². The molecular weight excluding hydrogens is 370 g/mol. The summed E-state index contributed by atoms with van der Waals surface area (Å²) in [6.07, 6.45) is -1.32. The van der Waals surface area contributed by atoms with E-state index in [2.05, 4.69) is 20.4 Å². The Labute approximate surface area is 151 Å². The molecule has 3 rings (SSSR count). The first-order valence-corrected chi connectivity index (χ1v) is 7.67. The van der Waals surface area contributed by atoms with E-state index < -0.39 is 18.9 Å². The largest absolute Gasteiger partial charge is 0.486 e. The number of halogens is 3. The Balaban J connectivity index is 1.67. The maximum atomic E-state index is 12.1. The van der Waals surface area contributed by atoms with Gasteiger partial charge in [0.15, 0.2) is 0 Å². The van der Waals surface area contributed by atoms with Crippen molar-refractivity contribution in [2.45, 2.75) is 6.43 Å². The number of alkyl halides is 2. The molecule has 1 aromatic carbocycles. The van der Waals surface area contributed by atoms with Gasteiger partial charge < -0.3 is 14.6 Å². The molecule has 0 saturated carbocycles. The number of amides is 1. The van der Waals surface area contributed by atoms with E-state index in [0.29, 0.717) is 16.4 Å². The number of hydrogen-bond donors (Lipinski definition) is 1. The molecule has 0 saturated heterocycles. The number of anilines is 1. The van der Waals surface area contributed by atoms with Gasteiger partial charge in [-0.3, -0.25) is 4.79 Å². The van der Waals surface area contributed by atoms with Crippen LogP contribution in [0, 0.1) is 0 Å². The smallest absolute Gasteiger partial charge is 0.316 e. The molecule has 1 N–H and O–H groups in total. The molecule has 0 bridgehead atoms. The predicted molar refractivity (Wildman–Crippen MR) is 88.4 cm³/mol. The fourth-order valence-electron chi connectivity index (χ4n) is 1.89. The lowest BCUT2D eigenvalue weighted by molar-refractivity contribution is 0.0817. The zero-order valence-corrected chi connectivity index (χ0v) is 13.8. The summed E-state index contributed by atoms with van der Waals surface area (Å²) >= 11 is 5.78. The van der Waals surface area contributed by atoms with Crippen LogP contribution < -0.4 is 10.1 Å². The SMILES string of the molecule is O=C(Nc1ccc(Cl)cc1)c1nc(-c2ccc(OCC(F)F)cn2)no1. The van der Waals surface area contributed by atoms with Crippen molar-refractivity contribution in [2.75, 3.05) is 11.9 Å². The van der Waals surface area contributed by atoms with Gasteiger partial charge in [0.05, 0.1) is 6.20 Å². The lowest BCUT2D eigenvalue weighted by Crippen LogP contribution is -2.12. The standard InChI is InChI=1S/C16H11ClF2N4O3/c17-9-1-3-10(4-2-9)21-15(24)16-22-14(23-26-16)12-6-5-11(7-20-12)25-8-13(18)19/h1-7,13H,8H2,(H,21,24). The molecule has 2 aromatic heterocycles. The normalized spacial score (nSPS) is 10.8. The first-order valence-electron chi connectivity index (χ1n) is 7.29. The van der Waals surface area contributed by atoms with Gasteiger partial charge in [-0.25, -0.2) is 13.8 Å². The molecule has 0 aliphatic rings. The number of aromatic nitrogens is 3. The third-order valence-corrected chi connectivity index (χ3v) is 3.32. The van der Waals surface area contributed by atoms with E-state index in [-0.39, 0.29) is 17.5 Å². The number of carbonyl (C=O) groups excluding carboxylic acids is 1. The third kappa shape index (κ3) is 4.51. The molecule has 0 fully saturated rings. The van der Waals surface area contributed by atoms with E-state index in [9.17, 15) is 13.6 Å². The van der Waals surface area contributed by atoms with Gasteiger partial charge >= 0.3 is 11.8 Å². The van der Waals surface area contributed by atoms with E-state index in [4.69, 9.17) is 20.9 Å². The Bertz CT molecular complexity index is 885. The number of pyridine rings is 1. The quantitative estimate of drug-likeness (QED) is 0.701. The summed E-state index contributed by atoms with van der Waals surface area (Å²) in [6, 6.07) is 9.39. The number of benzene rings is 1. The molecule has 3 aromatic rings. The summed E-state index contributed by atoms with van der Waals surface area (Å²) < 4.78 is 33.9. The highest BCUT2D eigenvalue weighted by molar-refractivity contribution is 6.30. The van der Waals surface area contributed by atoms with Crippen LogP contribution >= 0.6 is 11.6 Å². The molecule has 0 unspecified atom stereocenters. The van der Waals surface area contributed by atoms with Crippen molar-refractivity contribution in [3.05, 3.63) is 53.5 Å². The zero-order valence-electron chi connectivity index (χ0n) is 13.0. The Morgan fingerprint density at radius 3 is 2.65 bits per heavy atom. The van der Waals surface area contributed by atoms with E-state index in [1.54, 1.807) is 24.3 Å². The highest BCUT2D eigenvalue weighted by Gasteiger charge is 2.17. The Hall–Kier alpha value is -3.07. The Morgan fingerprint density at radius 1 is 1.23 bits per heavy atom. The zero-order chi connectivity index (χ0) is 18.5. The first kappa shape index (κ1) is 17.7. The molecule has 0 radical (unpaired) electrons. The Morgan fingerprint density at radius 2 is 2.00 bits per heavy atom. The summed E-state index contributed by atoms with van der Waals surface area (Å²) in [5.41, 5.74) is 0.807. The maximum absolute atomic E-state index is 12.1. The van der Waals surface area contributed by atoms with Crippen molar-refractivity contribution >= 4 is 23.2 Å². The monoisotopic (exact) mass is 380 g/mol. The summed E-state index contributed by atoms with van der Waals surface area (Å²) in [6.45, 7) is -0.724. The number of nitrogens with zero attached hydrogens (tertiary/aromatic N) is 3. The molecule has 0 spiro atoms. The molecule has 2 heterocycles. The second-order valence-electron chi connectivity index (χ2n) is 4.97. The average molecular weight is 381 g/mol. The van der Waals surface area contributed by atoms with Crippen LogP contribution in [0.25, 0.3) is 11.5 Å². The van der Waals surface area contributed by atoms with Crippen LogP contribution in [0.2, 0.25) is 5.02 Å². The fraction of sp³-hybridized carbons (Fsp3) is 0.125. The first-order chi connectivity index (χ1) is 12.5. The number of ether oxygens (including phenoxy) is 1. The number of carbonyl (C=O) groups is 1. The molecule has 26 heavy (non-hydrogen) atoms. The highest BCUT2D eigenvalue weighted by Crippen LogP contribution is 2.18. The lowest BCUT2D eigenvalue weighted by Gasteiger charge is -2.04. The molecule has 134 valence electrons. The van der Waals surface area contributed by atoms with E-state index in [1.165, 1.54) is 18.3 Å². The second-order valence-corrected chi connectivity index (χ2v) is 5.40. The van der Waals surface area contributed by atoms with Crippen LogP contribution in [0.1, 0.15) is 10.7 Å². The van der Waals surface area contributed by atoms with Gasteiger partial charge in [-0.1, -0.05) is 16.8 Å². The van der Waals surface area contributed by atoms with Crippen LogP contribution in [-0.4, -0.2) is 34.1 Å². The fourth-order valence-corrected chi connectivity index (χ4v) is 2.02. The summed E-state index contributed by atoms with van der Waals surface area (Å²) in [4.78, 5) is 20.0. The molecule has 0 aliphatic heterocycles. The number of rotatable bonds is 6. The molecule has 0 atom stereocenters. The molecule has 10 heteroatoms. The van der Waals surface area contributed by atoms with Gasteiger partial charge in [-0.05, 0) is 36.4 Å². The van der Waals surface area contributed by atoms with Gasteiger partial charge in [0.1, 0.15) is 18.1 Å². The number of hydrogen-bond acceptors (Lipinski definition) is 6. The minimum atomic E-state index is -2.58. The van der Waals surface area contributed by atoms with E-state index >= 15 is 0 Å². The minimum absolute atomic E-state index is 0.0756. The third-order valence-electron chi connectivity index (χ3n) is 3.06. The van der Waals surface area contributed by atoms with Crippen LogP contribution in [0.4, 0.5) is 14.5 Å². The average Bonchev–Trinajstić information content (AvgIpc) is 3.12. The summed E-state index contributed by atoms with van der Waals surface area (Å²) in [7, 11) is 0. The van der Waals surface area contributed by atoms with Gasteiger partial charge in [0.25, 0.3) is 6.43 Å². The van der Waals surface area contributed by atoms with Crippen LogP contribution in [0.5, 0.6) is 5.75 Å². The summed E-state index contributed by atoms with van der Waals surface area (Å²) in [5, 5.41) is 6.79. The van der Waals surface area contributed by atoms with Gasteiger partial charge in [0, 0.05) is 10.7 Å². The van der Waals surface area contributed by atoms with Gasteiger partial charge in [0.2, 0.25) is 5.82 Å². The number of nitrogens with one attached hydrogen (secondary N) is 1. The maximum Gasteiger partial charge on any atom is 0.316 e. The molecule has 7 nitrogen and oxygen atoms in total. The lowest BCUT2D eigenvalue weighted by atomic mass is 10.3. The van der Waals surface area contributed by atoms with Crippen LogP contribution in [0.15, 0.2) is 47.1 Å². The van der Waals surface area contributed by atoms with Crippen molar-refractivity contribution in [3.63, 3.8) is 0 Å². The van der Waals surface area contributed by atoms with Crippen LogP contribution in [0.3, 0.4) is 0 Å². The van der Waals surface area contributed by atoms with Crippen molar-refractivity contribution in [1.29, 1.82) is 0 Å². The second kappa shape index (κ2) is 7.87. The predicted octanol–water partition coefficient (Wildman–Crippen LogP) is 3.68. The van der Waals surface area contributed by atoms with Crippen molar-refractivity contribution in [2.24, 2.45) is 0 Å². The van der Waals surface area contributed by atoms with Crippen molar-refractivity contribution in [3.8, 4) is 17.3 Å². The minimum Gasteiger partial charge on any atom is -0.486 e. The highest BCUT2D eigenvalue weighted by atomic mass is 35.5. The van der Waals surface area contributed by atoms with E-state index in [1.807, 2.05) is 0 Å². The van der Waals surface area contributed by atoms with Crippen molar-refractivity contribution in [1.82, 2.24) is 15.1 Å². The van der Waals surface area contributed by atoms with E-state index in [0.717, 1.165) is 0 Å². The van der Waals surface area contributed by atoms with Gasteiger partial charge in [-0.15, -0.1) is 0 Å². The topological polar surface area (TPSA) is 90.1 Å². The van der Waals surface area contributed by atoms with Crippen molar-refractivity contribution < 1.29 is 22.8 Å². The molecular formula is C16H11ClF2N4O3. The van der Waals surface area contributed by atoms with Crippen LogP contribution in [-0.2, 0) is 0 Å².